The van der Waals surface area contributed by atoms with Crippen LogP contribution in [0.15, 0.2) is 43.0 Å². The predicted molar refractivity (Wildman–Crippen MR) is 115 cm³/mol. The van der Waals surface area contributed by atoms with Crippen LogP contribution in [0.5, 0.6) is 6.01 Å². The highest BCUT2D eigenvalue weighted by Crippen LogP contribution is 2.47. The number of halogens is 3. The fourth-order valence-corrected chi connectivity index (χ4v) is 4.17. The Labute approximate surface area is 188 Å². The van der Waals surface area contributed by atoms with Gasteiger partial charge in [0.05, 0.1) is 24.1 Å². The first-order chi connectivity index (χ1) is 15.8. The van der Waals surface area contributed by atoms with Gasteiger partial charge in [-0.1, -0.05) is 6.92 Å². The van der Waals surface area contributed by atoms with Gasteiger partial charge in [-0.3, -0.25) is 14.8 Å². The van der Waals surface area contributed by atoms with Crippen LogP contribution in [0.4, 0.5) is 18.9 Å². The predicted octanol–water partition coefficient (Wildman–Crippen LogP) is 4.87. The van der Waals surface area contributed by atoms with Crippen molar-refractivity contribution in [3.63, 3.8) is 0 Å². The van der Waals surface area contributed by atoms with Crippen LogP contribution >= 0.6 is 0 Å². The number of anilines is 1. The van der Waals surface area contributed by atoms with E-state index in [2.05, 4.69) is 25.3 Å². The van der Waals surface area contributed by atoms with Crippen molar-refractivity contribution in [3.05, 3.63) is 60.1 Å². The van der Waals surface area contributed by atoms with Gasteiger partial charge in [0.15, 0.2) is 0 Å². The third kappa shape index (κ3) is 4.79. The second-order valence-corrected chi connectivity index (χ2v) is 8.05. The van der Waals surface area contributed by atoms with Gasteiger partial charge >= 0.3 is 6.01 Å². The van der Waals surface area contributed by atoms with Crippen molar-refractivity contribution in [1.29, 1.82) is 0 Å². The average Bonchev–Trinajstić information content (AvgIpc) is 2.79. The van der Waals surface area contributed by atoms with E-state index < -0.39 is 23.6 Å². The van der Waals surface area contributed by atoms with E-state index in [1.807, 2.05) is 0 Å². The number of ether oxygens (including phenoxy) is 1. The Kier molecular flexibility index (Phi) is 6.26. The minimum atomic E-state index is -2.75. The first kappa shape index (κ1) is 22.6. The number of amides is 1. The molecule has 7 nitrogen and oxygen atoms in total. The largest absolute Gasteiger partial charge is 0.467 e. The SMILES string of the molecule is COc1ncc(C(=O)Nc2c(-c3ncccc3F)ccnc2C2CCC(F)(F)CC2C)cn1. The van der Waals surface area contributed by atoms with Crippen LogP contribution in [0.2, 0.25) is 0 Å². The molecule has 172 valence electrons. The molecule has 1 aliphatic carbocycles. The highest BCUT2D eigenvalue weighted by Gasteiger charge is 2.41. The van der Waals surface area contributed by atoms with Gasteiger partial charge in [0.1, 0.15) is 11.5 Å². The van der Waals surface area contributed by atoms with Gasteiger partial charge in [0.2, 0.25) is 5.92 Å². The molecule has 0 bridgehead atoms. The lowest BCUT2D eigenvalue weighted by molar-refractivity contribution is -0.0558. The molecule has 1 saturated carbocycles. The molecule has 2 unspecified atom stereocenters. The molecule has 0 radical (unpaired) electrons. The monoisotopic (exact) mass is 457 g/mol. The van der Waals surface area contributed by atoms with Crippen molar-refractivity contribution in [2.45, 2.75) is 38.0 Å². The zero-order valence-corrected chi connectivity index (χ0v) is 18.1. The van der Waals surface area contributed by atoms with E-state index in [0.29, 0.717) is 11.3 Å². The molecular weight excluding hydrogens is 435 g/mol. The summed E-state index contributed by atoms with van der Waals surface area (Å²) in [5.41, 5.74) is 1.13. The van der Waals surface area contributed by atoms with Gasteiger partial charge in [0, 0.05) is 49.1 Å². The summed E-state index contributed by atoms with van der Waals surface area (Å²) in [6.07, 6.45) is 5.11. The van der Waals surface area contributed by atoms with Crippen LogP contribution in [0, 0.1) is 11.7 Å². The molecule has 0 saturated heterocycles. The highest BCUT2D eigenvalue weighted by molar-refractivity contribution is 6.06. The van der Waals surface area contributed by atoms with Crippen molar-refractivity contribution in [3.8, 4) is 17.3 Å². The van der Waals surface area contributed by atoms with E-state index >= 15 is 0 Å². The normalized spacial score (nSPS) is 19.7. The molecule has 1 amide bonds. The summed E-state index contributed by atoms with van der Waals surface area (Å²) >= 11 is 0. The molecule has 0 spiro atoms. The van der Waals surface area contributed by atoms with E-state index in [1.165, 1.54) is 50.1 Å². The molecular formula is C23H22F3N5O2. The Bertz CT molecular complexity index is 1160. The minimum Gasteiger partial charge on any atom is -0.467 e. The number of carbonyl (C=O) groups excluding carboxylic acids is 1. The topological polar surface area (TPSA) is 89.9 Å². The van der Waals surface area contributed by atoms with Crippen LogP contribution in [-0.2, 0) is 0 Å². The second kappa shape index (κ2) is 9.13. The summed E-state index contributed by atoms with van der Waals surface area (Å²) in [7, 11) is 1.40. The molecule has 4 rings (SSSR count). The molecule has 0 aromatic carbocycles. The van der Waals surface area contributed by atoms with Crippen molar-refractivity contribution >= 4 is 11.6 Å². The molecule has 10 heteroatoms. The lowest BCUT2D eigenvalue weighted by Crippen LogP contribution is -2.31. The van der Waals surface area contributed by atoms with Gasteiger partial charge in [-0.05, 0) is 30.5 Å². The third-order valence-corrected chi connectivity index (χ3v) is 5.79. The molecule has 2 atom stereocenters. The fourth-order valence-electron chi connectivity index (χ4n) is 4.17. The Morgan fingerprint density at radius 3 is 2.58 bits per heavy atom. The average molecular weight is 457 g/mol. The number of rotatable bonds is 5. The van der Waals surface area contributed by atoms with Gasteiger partial charge in [-0.2, -0.15) is 0 Å². The molecule has 0 aliphatic heterocycles. The summed E-state index contributed by atoms with van der Waals surface area (Å²) in [5.74, 6) is -4.63. The third-order valence-electron chi connectivity index (χ3n) is 5.79. The lowest BCUT2D eigenvalue weighted by Gasteiger charge is -2.34. The maximum absolute atomic E-state index is 14.6. The molecule has 1 N–H and O–H groups in total. The summed E-state index contributed by atoms with van der Waals surface area (Å²) in [5, 5.41) is 2.78. The van der Waals surface area contributed by atoms with Crippen LogP contribution in [0.25, 0.3) is 11.3 Å². The Balaban J connectivity index is 1.78. The van der Waals surface area contributed by atoms with E-state index in [4.69, 9.17) is 4.74 Å². The van der Waals surface area contributed by atoms with E-state index in [1.54, 1.807) is 6.92 Å². The number of hydrogen-bond acceptors (Lipinski definition) is 6. The molecule has 1 aliphatic rings. The van der Waals surface area contributed by atoms with Gasteiger partial charge < -0.3 is 10.1 Å². The van der Waals surface area contributed by atoms with Gasteiger partial charge in [0.25, 0.3) is 5.91 Å². The smallest absolute Gasteiger partial charge is 0.316 e. The number of hydrogen-bond donors (Lipinski definition) is 1. The van der Waals surface area contributed by atoms with Crippen LogP contribution < -0.4 is 10.1 Å². The maximum Gasteiger partial charge on any atom is 0.316 e. The van der Waals surface area contributed by atoms with Crippen molar-refractivity contribution in [2.75, 3.05) is 12.4 Å². The van der Waals surface area contributed by atoms with E-state index in [0.717, 1.165) is 0 Å². The number of carbonyl (C=O) groups is 1. The Morgan fingerprint density at radius 1 is 1.15 bits per heavy atom. The minimum absolute atomic E-state index is 0.0243. The number of methoxy groups -OCH3 is 1. The highest BCUT2D eigenvalue weighted by atomic mass is 19.3. The fraction of sp³-hybridized carbons (Fsp3) is 0.348. The lowest BCUT2D eigenvalue weighted by atomic mass is 9.76. The molecule has 3 aromatic heterocycles. The summed E-state index contributed by atoms with van der Waals surface area (Å²) < 4.78 is 47.5. The zero-order valence-electron chi connectivity index (χ0n) is 18.1. The number of aromatic nitrogens is 4. The van der Waals surface area contributed by atoms with Crippen molar-refractivity contribution in [2.24, 2.45) is 5.92 Å². The molecule has 1 fully saturated rings. The number of nitrogens with one attached hydrogen (secondary N) is 1. The first-order valence-corrected chi connectivity index (χ1v) is 10.4. The van der Waals surface area contributed by atoms with Crippen LogP contribution in [0.1, 0.15) is 48.2 Å². The number of nitrogens with zero attached hydrogens (tertiary/aromatic N) is 4. The standard InChI is InChI=1S/C23H22F3N5O2/c1-13-10-23(25,26)7-5-15(13)19-20(31-21(32)14-11-29-22(33-2)30-12-14)16(6-9-28-19)18-17(24)4-3-8-27-18/h3-4,6,8-9,11-13,15H,5,7,10H2,1-2H3,(H,31,32). The number of pyridine rings is 2. The zero-order chi connectivity index (χ0) is 23.6. The Morgan fingerprint density at radius 2 is 1.91 bits per heavy atom. The summed E-state index contributed by atoms with van der Waals surface area (Å²) in [4.78, 5) is 29.4. The maximum atomic E-state index is 14.6. The van der Waals surface area contributed by atoms with Gasteiger partial charge in [-0.25, -0.2) is 23.1 Å². The van der Waals surface area contributed by atoms with Crippen LogP contribution in [-0.4, -0.2) is 38.9 Å². The quantitative estimate of drug-likeness (QED) is 0.588. The van der Waals surface area contributed by atoms with Crippen molar-refractivity contribution < 1.29 is 22.7 Å². The second-order valence-electron chi connectivity index (χ2n) is 8.05. The van der Waals surface area contributed by atoms with E-state index in [-0.39, 0.29) is 48.1 Å². The molecule has 33 heavy (non-hydrogen) atoms. The van der Waals surface area contributed by atoms with Gasteiger partial charge in [-0.15, -0.1) is 0 Å². The number of alkyl halides is 2. The molecule has 3 heterocycles. The Hall–Kier alpha value is -3.56. The first-order valence-electron chi connectivity index (χ1n) is 10.4. The van der Waals surface area contributed by atoms with Crippen molar-refractivity contribution in [1.82, 2.24) is 19.9 Å². The summed E-state index contributed by atoms with van der Waals surface area (Å²) in [6.45, 7) is 1.73. The molecule has 3 aromatic rings. The van der Waals surface area contributed by atoms with Crippen LogP contribution in [0.3, 0.4) is 0 Å². The summed E-state index contributed by atoms with van der Waals surface area (Å²) in [6, 6.07) is 4.35. The van der Waals surface area contributed by atoms with E-state index in [9.17, 15) is 18.0 Å².